The van der Waals surface area contributed by atoms with Gasteiger partial charge in [0.1, 0.15) is 18.2 Å². The molecule has 3 amide bonds. The van der Waals surface area contributed by atoms with Gasteiger partial charge >= 0.3 is 0 Å². The molecular formula is C24H28ClN3O4S. The number of rotatable bonds is 7. The molecule has 0 spiro atoms. The molecule has 3 rings (SSSR count). The molecule has 2 aromatic carbocycles. The Bertz CT molecular complexity index is 1050. The number of para-hydroxylation sites is 1. The summed E-state index contributed by atoms with van der Waals surface area (Å²) in [6, 6.07) is 12.1. The standard InChI is InChI=1S/C24H28ClN3O4S/c1-13(2)12-18(29)24(32)28(14(3)22(26)30)20-21(15-8-4-5-9-16(15)25)33-19-11-7-6-10-17(19)27-23(20)31/h4-11,13-14,18,20-21,29H,12H2,1-3H3,(H2,26,30)(H,27,31)/t14-,18-,20-,21+/m0/s1. The van der Waals surface area contributed by atoms with Crippen molar-refractivity contribution >= 4 is 46.8 Å². The first-order valence-corrected chi connectivity index (χ1v) is 12.0. The van der Waals surface area contributed by atoms with Gasteiger partial charge in [0.05, 0.1) is 10.9 Å². The number of thioether (sulfide) groups is 1. The maximum absolute atomic E-state index is 13.6. The summed E-state index contributed by atoms with van der Waals surface area (Å²) in [4.78, 5) is 41.2. The number of aliphatic hydroxyl groups is 1. The van der Waals surface area contributed by atoms with E-state index in [1.807, 2.05) is 26.0 Å². The van der Waals surface area contributed by atoms with E-state index in [0.717, 1.165) is 9.80 Å². The molecule has 0 radical (unpaired) electrons. The number of amides is 3. The third-order valence-electron chi connectivity index (χ3n) is 5.53. The summed E-state index contributed by atoms with van der Waals surface area (Å²) >= 11 is 7.88. The van der Waals surface area contributed by atoms with Crippen molar-refractivity contribution < 1.29 is 19.5 Å². The minimum absolute atomic E-state index is 0.0237. The normalized spacial score (nSPS) is 19.8. The molecule has 0 fully saturated rings. The molecule has 9 heteroatoms. The van der Waals surface area contributed by atoms with Crippen LogP contribution in [-0.4, -0.2) is 45.9 Å². The molecule has 0 unspecified atom stereocenters. The topological polar surface area (TPSA) is 113 Å². The van der Waals surface area contributed by atoms with Crippen molar-refractivity contribution in [2.24, 2.45) is 11.7 Å². The van der Waals surface area contributed by atoms with Crippen LogP contribution in [0.5, 0.6) is 0 Å². The van der Waals surface area contributed by atoms with Gasteiger partial charge in [-0.1, -0.05) is 55.8 Å². The molecule has 1 aliphatic rings. The summed E-state index contributed by atoms with van der Waals surface area (Å²) in [7, 11) is 0. The van der Waals surface area contributed by atoms with Crippen molar-refractivity contribution in [3.8, 4) is 0 Å². The Hall–Kier alpha value is -2.55. The highest BCUT2D eigenvalue weighted by molar-refractivity contribution is 7.99. The highest BCUT2D eigenvalue weighted by Gasteiger charge is 2.45. The van der Waals surface area contributed by atoms with Crippen LogP contribution < -0.4 is 11.1 Å². The van der Waals surface area contributed by atoms with E-state index in [0.29, 0.717) is 16.3 Å². The molecule has 0 saturated carbocycles. The Kier molecular flexibility index (Phi) is 8.05. The highest BCUT2D eigenvalue weighted by Crippen LogP contribution is 2.47. The molecular weight excluding hydrogens is 462 g/mol. The van der Waals surface area contributed by atoms with E-state index in [-0.39, 0.29) is 12.3 Å². The van der Waals surface area contributed by atoms with Crippen LogP contribution in [0.3, 0.4) is 0 Å². The fourth-order valence-corrected chi connectivity index (χ4v) is 5.57. The predicted octanol–water partition coefficient (Wildman–Crippen LogP) is 3.60. The smallest absolute Gasteiger partial charge is 0.252 e. The molecule has 0 aromatic heterocycles. The number of benzene rings is 2. The van der Waals surface area contributed by atoms with Crippen molar-refractivity contribution in [3.05, 3.63) is 59.1 Å². The minimum atomic E-state index is -1.39. The summed E-state index contributed by atoms with van der Waals surface area (Å²) in [5.41, 5.74) is 6.81. The number of nitrogens with zero attached hydrogens (tertiary/aromatic N) is 1. The molecule has 1 aliphatic heterocycles. The first kappa shape index (κ1) is 25.1. The van der Waals surface area contributed by atoms with Crippen molar-refractivity contribution in [1.29, 1.82) is 0 Å². The molecule has 1 heterocycles. The number of nitrogens with two attached hydrogens (primary N) is 1. The number of hydrogen-bond donors (Lipinski definition) is 3. The lowest BCUT2D eigenvalue weighted by atomic mass is 9.98. The van der Waals surface area contributed by atoms with Crippen LogP contribution in [0.25, 0.3) is 0 Å². The second-order valence-electron chi connectivity index (χ2n) is 8.46. The molecule has 7 nitrogen and oxygen atoms in total. The third kappa shape index (κ3) is 5.51. The molecule has 0 saturated heterocycles. The number of carbonyl (C=O) groups is 3. The van der Waals surface area contributed by atoms with Gasteiger partial charge in [-0.3, -0.25) is 14.4 Å². The SMILES string of the molecule is CC(C)C[C@H](O)C(=O)N([C@@H]1C(=O)Nc2ccccc2S[C@@H]1c1ccccc1Cl)[C@@H](C)C(N)=O. The maximum atomic E-state index is 13.6. The Morgan fingerprint density at radius 1 is 1.15 bits per heavy atom. The van der Waals surface area contributed by atoms with Crippen molar-refractivity contribution in [2.45, 2.75) is 55.5 Å². The Morgan fingerprint density at radius 2 is 1.79 bits per heavy atom. The highest BCUT2D eigenvalue weighted by atomic mass is 35.5. The first-order valence-electron chi connectivity index (χ1n) is 10.7. The lowest BCUT2D eigenvalue weighted by molar-refractivity contribution is -0.152. The molecule has 176 valence electrons. The summed E-state index contributed by atoms with van der Waals surface area (Å²) in [6.45, 7) is 5.20. The number of halogens is 1. The fraction of sp³-hybridized carbons (Fsp3) is 0.375. The largest absolute Gasteiger partial charge is 0.383 e. The zero-order chi connectivity index (χ0) is 24.3. The van der Waals surface area contributed by atoms with Gasteiger partial charge < -0.3 is 21.1 Å². The lowest BCUT2D eigenvalue weighted by Crippen LogP contribution is -2.59. The Labute approximate surface area is 202 Å². The number of primary amides is 1. The van der Waals surface area contributed by atoms with E-state index >= 15 is 0 Å². The van der Waals surface area contributed by atoms with Crippen LogP contribution in [0, 0.1) is 5.92 Å². The van der Waals surface area contributed by atoms with Gasteiger partial charge in [-0.25, -0.2) is 0 Å². The predicted molar refractivity (Wildman–Crippen MR) is 130 cm³/mol. The van der Waals surface area contributed by atoms with E-state index in [1.54, 1.807) is 36.4 Å². The van der Waals surface area contributed by atoms with Crippen molar-refractivity contribution in [2.75, 3.05) is 5.32 Å². The Morgan fingerprint density at radius 3 is 2.42 bits per heavy atom. The summed E-state index contributed by atoms with van der Waals surface area (Å²) < 4.78 is 0. The lowest BCUT2D eigenvalue weighted by Gasteiger charge is -2.38. The van der Waals surface area contributed by atoms with Crippen LogP contribution in [0.1, 0.15) is 38.0 Å². The average molecular weight is 490 g/mol. The minimum Gasteiger partial charge on any atom is -0.383 e. The van der Waals surface area contributed by atoms with E-state index in [9.17, 15) is 19.5 Å². The number of hydrogen-bond acceptors (Lipinski definition) is 5. The average Bonchev–Trinajstić information content (AvgIpc) is 2.90. The molecule has 4 N–H and O–H groups in total. The third-order valence-corrected chi connectivity index (χ3v) is 7.25. The van der Waals surface area contributed by atoms with Gasteiger partial charge in [0.15, 0.2) is 0 Å². The number of nitrogens with one attached hydrogen (secondary N) is 1. The second kappa shape index (κ2) is 10.6. The summed E-state index contributed by atoms with van der Waals surface area (Å²) in [5.74, 6) is -1.97. The van der Waals surface area contributed by atoms with Crippen LogP contribution in [0.15, 0.2) is 53.4 Å². The van der Waals surface area contributed by atoms with Gasteiger partial charge in [0.2, 0.25) is 11.8 Å². The van der Waals surface area contributed by atoms with Crippen LogP contribution in [0.4, 0.5) is 5.69 Å². The fourth-order valence-electron chi connectivity index (χ4n) is 3.86. The zero-order valence-electron chi connectivity index (χ0n) is 18.7. The second-order valence-corrected chi connectivity index (χ2v) is 10.1. The van der Waals surface area contributed by atoms with E-state index in [1.165, 1.54) is 18.7 Å². The van der Waals surface area contributed by atoms with Crippen LogP contribution in [0.2, 0.25) is 5.02 Å². The number of anilines is 1. The molecule has 0 aliphatic carbocycles. The number of fused-ring (bicyclic) bond motifs is 1. The van der Waals surface area contributed by atoms with Crippen molar-refractivity contribution in [1.82, 2.24) is 4.90 Å². The van der Waals surface area contributed by atoms with Crippen LogP contribution >= 0.6 is 23.4 Å². The van der Waals surface area contributed by atoms with E-state index < -0.39 is 41.2 Å². The van der Waals surface area contributed by atoms with Gasteiger partial charge in [-0.15, -0.1) is 11.8 Å². The molecule has 2 aromatic rings. The maximum Gasteiger partial charge on any atom is 0.252 e. The molecule has 0 bridgehead atoms. The van der Waals surface area contributed by atoms with Gasteiger partial charge in [-0.05, 0) is 43.0 Å². The summed E-state index contributed by atoms with van der Waals surface area (Å²) in [5, 5.41) is 13.3. The quantitative estimate of drug-likeness (QED) is 0.550. The number of carbonyl (C=O) groups excluding carboxylic acids is 3. The summed E-state index contributed by atoms with van der Waals surface area (Å²) in [6.07, 6.45) is -1.21. The zero-order valence-corrected chi connectivity index (χ0v) is 20.3. The monoisotopic (exact) mass is 489 g/mol. The van der Waals surface area contributed by atoms with Gasteiger partial charge in [0.25, 0.3) is 5.91 Å². The van der Waals surface area contributed by atoms with Gasteiger partial charge in [0, 0.05) is 9.92 Å². The van der Waals surface area contributed by atoms with Gasteiger partial charge in [-0.2, -0.15) is 0 Å². The molecule has 33 heavy (non-hydrogen) atoms. The first-order chi connectivity index (χ1) is 15.6. The Balaban J connectivity index is 2.17. The van der Waals surface area contributed by atoms with E-state index in [4.69, 9.17) is 17.3 Å². The van der Waals surface area contributed by atoms with Crippen LogP contribution in [-0.2, 0) is 14.4 Å². The molecule has 4 atom stereocenters. The number of aliphatic hydroxyl groups excluding tert-OH is 1. The van der Waals surface area contributed by atoms with E-state index in [2.05, 4.69) is 5.32 Å². The van der Waals surface area contributed by atoms with Crippen molar-refractivity contribution in [3.63, 3.8) is 0 Å².